The molecule has 4 rings (SSSR count). The molecule has 1 N–H and O–H groups in total. The third kappa shape index (κ3) is 3.59. The van der Waals surface area contributed by atoms with E-state index in [2.05, 4.69) is 11.9 Å². The summed E-state index contributed by atoms with van der Waals surface area (Å²) in [7, 11) is 2.18. The number of hydrogen-bond acceptors (Lipinski definition) is 4. The molecule has 4 heteroatoms. The second kappa shape index (κ2) is 8.06. The maximum Gasteiger partial charge on any atom is 0.319 e. The number of fused-ring (bicyclic) bond motifs is 2. The third-order valence-corrected chi connectivity index (χ3v) is 6.66. The first-order valence-electron chi connectivity index (χ1n) is 10.3. The van der Waals surface area contributed by atoms with Crippen LogP contribution in [0.25, 0.3) is 0 Å². The van der Waals surface area contributed by atoms with Gasteiger partial charge in [0.05, 0.1) is 6.61 Å². The van der Waals surface area contributed by atoms with E-state index in [9.17, 15) is 9.90 Å². The van der Waals surface area contributed by atoms with Gasteiger partial charge in [0, 0.05) is 12.1 Å². The van der Waals surface area contributed by atoms with Crippen LogP contribution in [-0.2, 0) is 21.4 Å². The molecule has 2 aliphatic heterocycles. The molecule has 2 aromatic carbocycles. The third-order valence-electron chi connectivity index (χ3n) is 6.66. The first-order valence-corrected chi connectivity index (χ1v) is 10.3. The quantitative estimate of drug-likeness (QED) is 0.782. The molecule has 3 atom stereocenters. The summed E-state index contributed by atoms with van der Waals surface area (Å²) in [6.07, 6.45) is 4.51. The number of esters is 1. The van der Waals surface area contributed by atoms with Crippen LogP contribution in [0.4, 0.5) is 0 Å². The highest BCUT2D eigenvalue weighted by atomic mass is 16.5. The summed E-state index contributed by atoms with van der Waals surface area (Å²) in [6, 6.07) is 20.5. The lowest BCUT2D eigenvalue weighted by atomic mass is 9.76. The maximum absolute atomic E-state index is 13.5. The molecule has 2 heterocycles. The molecule has 148 valence electrons. The van der Waals surface area contributed by atoms with Crippen molar-refractivity contribution in [1.82, 2.24) is 4.90 Å². The van der Waals surface area contributed by atoms with Crippen molar-refractivity contribution in [2.45, 2.75) is 55.7 Å². The molecule has 0 spiro atoms. The molecule has 0 saturated carbocycles. The van der Waals surface area contributed by atoms with Crippen molar-refractivity contribution in [3.05, 3.63) is 71.8 Å². The molecule has 0 aliphatic carbocycles. The highest BCUT2D eigenvalue weighted by molar-refractivity contribution is 5.84. The van der Waals surface area contributed by atoms with E-state index in [1.54, 1.807) is 0 Å². The Morgan fingerprint density at radius 3 is 2.18 bits per heavy atom. The summed E-state index contributed by atoms with van der Waals surface area (Å²) in [5.41, 5.74) is 0.744. The van der Waals surface area contributed by atoms with Gasteiger partial charge in [-0.25, -0.2) is 0 Å². The monoisotopic (exact) mass is 379 g/mol. The van der Waals surface area contributed by atoms with Crippen LogP contribution >= 0.6 is 0 Å². The van der Waals surface area contributed by atoms with Gasteiger partial charge in [-0.2, -0.15) is 0 Å². The van der Waals surface area contributed by atoms with E-state index in [-0.39, 0.29) is 18.7 Å². The smallest absolute Gasteiger partial charge is 0.319 e. The Morgan fingerprint density at radius 2 is 1.61 bits per heavy atom. The summed E-state index contributed by atoms with van der Waals surface area (Å²) >= 11 is 0. The number of hydrogen-bond donors (Lipinski definition) is 1. The Kier molecular flexibility index (Phi) is 5.51. The number of ether oxygens (including phenoxy) is 1. The zero-order valence-corrected chi connectivity index (χ0v) is 16.5. The zero-order chi connectivity index (χ0) is 19.6. The number of carbonyl (C=O) groups excluding carboxylic acids is 1. The average molecular weight is 380 g/mol. The van der Waals surface area contributed by atoms with E-state index in [1.165, 1.54) is 12.8 Å². The molecule has 4 nitrogen and oxygen atoms in total. The Bertz CT molecular complexity index is 780. The van der Waals surface area contributed by atoms with Gasteiger partial charge in [-0.15, -0.1) is 0 Å². The van der Waals surface area contributed by atoms with Crippen LogP contribution in [0.1, 0.15) is 36.8 Å². The predicted molar refractivity (Wildman–Crippen MR) is 109 cm³/mol. The van der Waals surface area contributed by atoms with Crippen LogP contribution in [0.3, 0.4) is 0 Å². The Hall–Kier alpha value is -2.17. The lowest BCUT2D eigenvalue weighted by molar-refractivity contribution is -0.161. The summed E-state index contributed by atoms with van der Waals surface area (Å²) in [5, 5.41) is 10.4. The highest BCUT2D eigenvalue weighted by Crippen LogP contribution is 2.37. The predicted octanol–water partition coefficient (Wildman–Crippen LogP) is 3.33. The Morgan fingerprint density at radius 1 is 1.04 bits per heavy atom. The van der Waals surface area contributed by atoms with Gasteiger partial charge in [0.15, 0.2) is 0 Å². The summed E-state index contributed by atoms with van der Waals surface area (Å²) in [6.45, 7) is -0.274. The Balaban J connectivity index is 1.60. The highest BCUT2D eigenvalue weighted by Gasteiger charge is 2.45. The molecule has 2 aliphatic rings. The van der Waals surface area contributed by atoms with E-state index < -0.39 is 5.41 Å². The molecule has 0 amide bonds. The largest absolute Gasteiger partial charge is 0.462 e. The number of nitrogens with zero attached hydrogens (tertiary/aromatic N) is 1. The normalized spacial score (nSPS) is 26.6. The summed E-state index contributed by atoms with van der Waals surface area (Å²) in [4.78, 5) is 15.9. The van der Waals surface area contributed by atoms with Gasteiger partial charge in [-0.05, 0) is 50.3 Å². The molecule has 2 fully saturated rings. The number of aliphatic hydroxyl groups excluding tert-OH is 1. The van der Waals surface area contributed by atoms with Crippen molar-refractivity contribution in [3.63, 3.8) is 0 Å². The van der Waals surface area contributed by atoms with Crippen molar-refractivity contribution < 1.29 is 14.6 Å². The zero-order valence-electron chi connectivity index (χ0n) is 16.5. The van der Waals surface area contributed by atoms with Crippen molar-refractivity contribution >= 4 is 5.97 Å². The van der Waals surface area contributed by atoms with E-state index >= 15 is 0 Å². The van der Waals surface area contributed by atoms with Crippen molar-refractivity contribution in [2.75, 3.05) is 13.7 Å². The number of piperidine rings is 1. The van der Waals surface area contributed by atoms with Gasteiger partial charge in [-0.1, -0.05) is 60.7 Å². The Labute approximate surface area is 167 Å². The fourth-order valence-corrected chi connectivity index (χ4v) is 4.93. The van der Waals surface area contributed by atoms with Gasteiger partial charge in [0.25, 0.3) is 0 Å². The number of aliphatic hydroxyl groups is 1. The van der Waals surface area contributed by atoms with Crippen molar-refractivity contribution in [1.29, 1.82) is 0 Å². The van der Waals surface area contributed by atoms with Crippen LogP contribution in [0.5, 0.6) is 0 Å². The minimum Gasteiger partial charge on any atom is -0.462 e. The number of rotatable bonds is 6. The minimum absolute atomic E-state index is 0.0633. The van der Waals surface area contributed by atoms with Crippen LogP contribution in [0.15, 0.2) is 60.7 Å². The van der Waals surface area contributed by atoms with Gasteiger partial charge in [0.1, 0.15) is 11.5 Å². The van der Waals surface area contributed by atoms with Crippen LogP contribution < -0.4 is 0 Å². The molecule has 0 aromatic heterocycles. The molecule has 28 heavy (non-hydrogen) atoms. The minimum atomic E-state index is -1.08. The topological polar surface area (TPSA) is 49.8 Å². The lowest BCUT2D eigenvalue weighted by Gasteiger charge is -2.38. The number of carbonyl (C=O) groups is 1. The molecule has 2 aromatic rings. The molecule has 0 radical (unpaired) electrons. The molecule has 3 unspecified atom stereocenters. The second-order valence-corrected chi connectivity index (χ2v) is 8.32. The van der Waals surface area contributed by atoms with Gasteiger partial charge in [-0.3, -0.25) is 4.79 Å². The average Bonchev–Trinajstić information content (AvgIpc) is 2.93. The van der Waals surface area contributed by atoms with E-state index in [4.69, 9.17) is 4.74 Å². The SMILES string of the molecule is CN1C2CCC1CC(OC(=O)C(CO)(Cc1ccccc1)c1ccccc1)C2. The standard InChI is InChI=1S/C24H29NO3/c1-25-20-12-13-21(25)15-22(14-20)28-23(27)24(17-26,19-10-6-3-7-11-19)16-18-8-4-2-5-9-18/h2-11,20-22,26H,12-17H2,1H3. The fraction of sp³-hybridized carbons (Fsp3) is 0.458. The first kappa shape index (κ1) is 19.2. The fourth-order valence-electron chi connectivity index (χ4n) is 4.93. The van der Waals surface area contributed by atoms with Crippen LogP contribution in [0.2, 0.25) is 0 Å². The molecular formula is C24H29NO3. The van der Waals surface area contributed by atoms with Crippen molar-refractivity contribution in [3.8, 4) is 0 Å². The summed E-state index contributed by atoms with van der Waals surface area (Å²) in [5.74, 6) is -0.306. The van der Waals surface area contributed by atoms with Gasteiger partial charge < -0.3 is 14.7 Å². The lowest BCUT2D eigenvalue weighted by Crippen LogP contribution is -2.48. The van der Waals surface area contributed by atoms with Gasteiger partial charge in [0.2, 0.25) is 0 Å². The molecule has 2 bridgehead atoms. The van der Waals surface area contributed by atoms with Crippen LogP contribution in [0, 0.1) is 0 Å². The van der Waals surface area contributed by atoms with Crippen molar-refractivity contribution in [2.24, 2.45) is 0 Å². The summed E-state index contributed by atoms with van der Waals surface area (Å²) < 4.78 is 6.08. The second-order valence-electron chi connectivity index (χ2n) is 8.32. The van der Waals surface area contributed by atoms with Crippen LogP contribution in [-0.4, -0.2) is 47.8 Å². The van der Waals surface area contributed by atoms with E-state index in [1.807, 2.05) is 60.7 Å². The molecule has 2 saturated heterocycles. The maximum atomic E-state index is 13.5. The first-order chi connectivity index (χ1) is 13.6. The van der Waals surface area contributed by atoms with E-state index in [0.29, 0.717) is 18.5 Å². The van der Waals surface area contributed by atoms with Gasteiger partial charge >= 0.3 is 5.97 Å². The number of benzene rings is 2. The van der Waals surface area contributed by atoms with E-state index in [0.717, 1.165) is 24.0 Å². The molecular weight excluding hydrogens is 350 g/mol.